The first-order chi connectivity index (χ1) is 12.3. The number of thiol groups is 1. The highest BCUT2D eigenvalue weighted by Gasteiger charge is 2.29. The molecule has 2 N–H and O–H groups in total. The average molecular weight is 400 g/mol. The molecule has 0 aliphatic carbocycles. The van der Waals surface area contributed by atoms with Crippen molar-refractivity contribution in [3.63, 3.8) is 0 Å². The fourth-order valence-corrected chi connectivity index (χ4v) is 4.64. The minimum Gasteiger partial charge on any atom is -0.496 e. The molecule has 0 fully saturated rings. The molecule has 0 spiro atoms. The number of aliphatic hydroxyl groups excluding tert-OH is 1. The average Bonchev–Trinajstić information content (AvgIpc) is 2.63. The summed E-state index contributed by atoms with van der Waals surface area (Å²) in [7, 11) is 1.69. The summed E-state index contributed by atoms with van der Waals surface area (Å²) in [5.41, 5.74) is 2.36. The molecular formula is C20H33NO3S2. The number of ether oxygens (including phenoxy) is 2. The maximum Gasteiger partial charge on any atom is 0.126 e. The third-order valence-electron chi connectivity index (χ3n) is 5.23. The molecular weight excluding hydrogens is 366 g/mol. The lowest BCUT2D eigenvalue weighted by Gasteiger charge is -2.33. The quantitative estimate of drug-likeness (QED) is 0.556. The summed E-state index contributed by atoms with van der Waals surface area (Å²) < 4.78 is 11.5. The normalized spacial score (nSPS) is 19.4. The van der Waals surface area contributed by atoms with Gasteiger partial charge in [0.2, 0.25) is 0 Å². The maximum atomic E-state index is 10.6. The highest BCUT2D eigenvalue weighted by molar-refractivity contribution is 7.99. The molecule has 0 radical (unpaired) electrons. The summed E-state index contributed by atoms with van der Waals surface area (Å²) in [5, 5.41) is 14.5. The van der Waals surface area contributed by atoms with E-state index in [1.54, 1.807) is 7.11 Å². The van der Waals surface area contributed by atoms with Crippen molar-refractivity contribution in [2.24, 2.45) is 5.41 Å². The zero-order chi connectivity index (χ0) is 19.3. The largest absolute Gasteiger partial charge is 0.496 e. The smallest absolute Gasteiger partial charge is 0.126 e. The van der Waals surface area contributed by atoms with E-state index < -0.39 is 6.10 Å². The van der Waals surface area contributed by atoms with Crippen LogP contribution in [-0.4, -0.2) is 54.8 Å². The Morgan fingerprint density at radius 2 is 2.15 bits per heavy atom. The molecule has 0 bridgehead atoms. The van der Waals surface area contributed by atoms with Gasteiger partial charge in [-0.3, -0.25) is 0 Å². The van der Waals surface area contributed by atoms with Gasteiger partial charge in [0, 0.05) is 18.3 Å². The Hall–Kier alpha value is -0.560. The number of hydrogen-bond donors (Lipinski definition) is 3. The monoisotopic (exact) mass is 399 g/mol. The van der Waals surface area contributed by atoms with Crippen LogP contribution in [0.25, 0.3) is 0 Å². The first kappa shape index (κ1) is 21.7. The van der Waals surface area contributed by atoms with Gasteiger partial charge in [-0.2, -0.15) is 24.4 Å². The van der Waals surface area contributed by atoms with E-state index in [2.05, 4.69) is 38.0 Å². The van der Waals surface area contributed by atoms with Gasteiger partial charge in [0.05, 0.1) is 7.11 Å². The van der Waals surface area contributed by atoms with Crippen molar-refractivity contribution in [2.75, 3.05) is 32.2 Å². The Labute approximate surface area is 167 Å². The lowest BCUT2D eigenvalue weighted by atomic mass is 9.91. The summed E-state index contributed by atoms with van der Waals surface area (Å²) in [6.45, 7) is 7.87. The molecule has 6 heteroatoms. The molecule has 2 rings (SSSR count). The van der Waals surface area contributed by atoms with Gasteiger partial charge in [0.15, 0.2) is 0 Å². The molecule has 4 nitrogen and oxygen atoms in total. The van der Waals surface area contributed by atoms with Crippen molar-refractivity contribution in [1.82, 2.24) is 5.32 Å². The van der Waals surface area contributed by atoms with Gasteiger partial charge >= 0.3 is 0 Å². The highest BCUT2D eigenvalue weighted by Crippen LogP contribution is 2.34. The Kier molecular flexibility index (Phi) is 8.01. The van der Waals surface area contributed by atoms with E-state index in [1.807, 2.05) is 30.8 Å². The van der Waals surface area contributed by atoms with E-state index in [9.17, 15) is 5.11 Å². The zero-order valence-corrected chi connectivity index (χ0v) is 18.3. The molecule has 0 amide bonds. The Morgan fingerprint density at radius 3 is 2.77 bits per heavy atom. The van der Waals surface area contributed by atoms with Crippen LogP contribution in [0.2, 0.25) is 0 Å². The molecule has 1 aliphatic rings. The SMILES string of the molecule is COc1cc2c(cc1C)OC(C(O)CNCC(SC)C(C)(C)CS)CC2. The van der Waals surface area contributed by atoms with Crippen LogP contribution in [0.5, 0.6) is 11.5 Å². The molecule has 3 atom stereocenters. The molecule has 0 aromatic heterocycles. The fraction of sp³-hybridized carbons (Fsp3) is 0.700. The zero-order valence-electron chi connectivity index (χ0n) is 16.5. The molecule has 1 aromatic carbocycles. The number of thioether (sulfide) groups is 1. The van der Waals surface area contributed by atoms with Crippen molar-refractivity contribution in [1.29, 1.82) is 0 Å². The predicted octanol–water partition coefficient (Wildman–Crippen LogP) is 3.34. The molecule has 0 saturated heterocycles. The Bertz CT molecular complexity index is 595. The standard InChI is InChI=1S/C20H33NO3S2/c1-13-8-18-14(9-17(13)23-4)6-7-16(24-18)15(22)10-21-11-19(26-5)20(2,3)12-25/h8-9,15-16,19,21-22,25H,6-7,10-12H2,1-5H3. The number of rotatable bonds is 9. The molecule has 26 heavy (non-hydrogen) atoms. The van der Waals surface area contributed by atoms with E-state index in [1.165, 1.54) is 0 Å². The number of fused-ring (bicyclic) bond motifs is 1. The van der Waals surface area contributed by atoms with Gasteiger partial charge in [0.1, 0.15) is 23.7 Å². The van der Waals surface area contributed by atoms with Crippen LogP contribution in [0.3, 0.4) is 0 Å². The lowest BCUT2D eigenvalue weighted by Crippen LogP contribution is -2.45. The summed E-state index contributed by atoms with van der Waals surface area (Å²) in [4.78, 5) is 0. The van der Waals surface area contributed by atoms with Crippen LogP contribution in [-0.2, 0) is 6.42 Å². The van der Waals surface area contributed by atoms with Crippen molar-refractivity contribution in [3.05, 3.63) is 23.3 Å². The minimum atomic E-state index is -0.521. The van der Waals surface area contributed by atoms with Crippen LogP contribution >= 0.6 is 24.4 Å². The third kappa shape index (κ3) is 5.24. The first-order valence-electron chi connectivity index (χ1n) is 9.19. The van der Waals surface area contributed by atoms with E-state index in [0.29, 0.717) is 11.8 Å². The Balaban J connectivity index is 1.89. The van der Waals surface area contributed by atoms with Crippen molar-refractivity contribution < 1.29 is 14.6 Å². The van der Waals surface area contributed by atoms with Crippen molar-refractivity contribution >= 4 is 24.4 Å². The number of benzene rings is 1. The van der Waals surface area contributed by atoms with E-state index in [4.69, 9.17) is 9.47 Å². The third-order valence-corrected chi connectivity index (χ3v) is 7.42. The minimum absolute atomic E-state index is 0.150. The summed E-state index contributed by atoms with van der Waals surface area (Å²) in [6, 6.07) is 4.06. The second-order valence-corrected chi connectivity index (χ2v) is 9.08. The first-order valence-corrected chi connectivity index (χ1v) is 11.1. The van der Waals surface area contributed by atoms with Crippen LogP contribution in [0.4, 0.5) is 0 Å². The van der Waals surface area contributed by atoms with Gasteiger partial charge in [-0.25, -0.2) is 0 Å². The summed E-state index contributed by atoms with van der Waals surface area (Å²) in [6.07, 6.45) is 3.15. The van der Waals surface area contributed by atoms with Crippen LogP contribution in [0, 0.1) is 12.3 Å². The number of aryl methyl sites for hydroxylation is 2. The molecule has 0 saturated carbocycles. The predicted molar refractivity (Wildman–Crippen MR) is 114 cm³/mol. The molecule has 1 aliphatic heterocycles. The van der Waals surface area contributed by atoms with Crippen molar-refractivity contribution in [3.8, 4) is 11.5 Å². The number of hydrogen-bond acceptors (Lipinski definition) is 6. The van der Waals surface area contributed by atoms with Gasteiger partial charge in [-0.15, -0.1) is 0 Å². The highest BCUT2D eigenvalue weighted by atomic mass is 32.2. The molecule has 3 unspecified atom stereocenters. The molecule has 1 heterocycles. The Morgan fingerprint density at radius 1 is 1.42 bits per heavy atom. The van der Waals surface area contributed by atoms with Gasteiger partial charge in [-0.1, -0.05) is 13.8 Å². The summed E-state index contributed by atoms with van der Waals surface area (Å²) in [5.74, 6) is 2.60. The fourth-order valence-electron chi connectivity index (χ4n) is 3.29. The van der Waals surface area contributed by atoms with Crippen molar-refractivity contribution in [2.45, 2.75) is 51.1 Å². The number of methoxy groups -OCH3 is 1. The molecule has 148 valence electrons. The van der Waals surface area contributed by atoms with Crippen LogP contribution < -0.4 is 14.8 Å². The van der Waals surface area contributed by atoms with E-state index >= 15 is 0 Å². The lowest BCUT2D eigenvalue weighted by molar-refractivity contribution is 0.0243. The summed E-state index contributed by atoms with van der Waals surface area (Å²) >= 11 is 6.32. The van der Waals surface area contributed by atoms with Gasteiger partial charge < -0.3 is 19.9 Å². The maximum absolute atomic E-state index is 10.6. The molecule has 1 aromatic rings. The number of aliphatic hydroxyl groups is 1. The second-order valence-electron chi connectivity index (χ2n) is 7.72. The number of nitrogens with one attached hydrogen (secondary N) is 1. The topological polar surface area (TPSA) is 50.7 Å². The van der Waals surface area contributed by atoms with Gasteiger partial charge in [0.25, 0.3) is 0 Å². The van der Waals surface area contributed by atoms with Crippen LogP contribution in [0.1, 0.15) is 31.4 Å². The second kappa shape index (κ2) is 9.58. The van der Waals surface area contributed by atoms with E-state index in [0.717, 1.165) is 47.8 Å². The van der Waals surface area contributed by atoms with Gasteiger partial charge in [-0.05, 0) is 60.4 Å². The van der Waals surface area contributed by atoms with E-state index in [-0.39, 0.29) is 11.5 Å². The van der Waals surface area contributed by atoms with Crippen LogP contribution in [0.15, 0.2) is 12.1 Å².